The van der Waals surface area contributed by atoms with Gasteiger partial charge in [-0.2, -0.15) is 0 Å². The largest absolute Gasteiger partial charge is 0.468 e. The number of ether oxygens (including phenoxy) is 1. The van der Waals surface area contributed by atoms with Gasteiger partial charge in [0.05, 0.1) is 18.0 Å². The molecule has 1 heterocycles. The molecule has 6 heteroatoms. The summed E-state index contributed by atoms with van der Waals surface area (Å²) in [6.07, 6.45) is 0.494. The molecule has 0 aliphatic carbocycles. The molecule has 0 N–H and O–H groups in total. The molecule has 3 aromatic carbocycles. The van der Waals surface area contributed by atoms with Crippen molar-refractivity contribution in [2.75, 3.05) is 7.11 Å². The summed E-state index contributed by atoms with van der Waals surface area (Å²) in [6.45, 7) is 2.38. The van der Waals surface area contributed by atoms with Gasteiger partial charge in [0.2, 0.25) is 0 Å². The van der Waals surface area contributed by atoms with E-state index < -0.39 is 5.25 Å². The Morgan fingerprint density at radius 2 is 1.73 bits per heavy atom. The van der Waals surface area contributed by atoms with Crippen LogP contribution in [0.1, 0.15) is 12.5 Å². The topological polar surface area (TPSA) is 61.2 Å². The number of hydrogen-bond acceptors (Lipinski definition) is 5. The van der Waals surface area contributed by atoms with Gasteiger partial charge in [0, 0.05) is 6.54 Å². The minimum Gasteiger partial charge on any atom is -0.468 e. The Hall–Kier alpha value is -3.12. The standard InChI is InChI=1S/C24H22N2O3S/c1-3-26-22(27)19-14-17-11-7-8-12-18(17)15-20(19)25-24(26)30-21(23(28)29-2)13-16-9-5-4-6-10-16/h4-12,14-15,21H,3,13H2,1-2H3. The van der Waals surface area contributed by atoms with E-state index >= 15 is 0 Å². The number of aromatic nitrogens is 2. The molecule has 0 saturated carbocycles. The van der Waals surface area contributed by atoms with E-state index in [0.29, 0.717) is 29.0 Å². The van der Waals surface area contributed by atoms with Gasteiger partial charge in [-0.05, 0) is 41.8 Å². The van der Waals surface area contributed by atoms with Gasteiger partial charge in [0.1, 0.15) is 5.25 Å². The van der Waals surface area contributed by atoms with Gasteiger partial charge < -0.3 is 4.74 Å². The van der Waals surface area contributed by atoms with Crippen LogP contribution >= 0.6 is 11.8 Å². The molecule has 0 spiro atoms. The molecule has 4 rings (SSSR count). The summed E-state index contributed by atoms with van der Waals surface area (Å²) in [5, 5.41) is 2.63. The zero-order chi connectivity index (χ0) is 21.1. The van der Waals surface area contributed by atoms with E-state index in [1.54, 1.807) is 4.57 Å². The SMILES string of the molecule is CCn1c(SC(Cc2ccccc2)C(=O)OC)nc2cc3ccccc3cc2c1=O. The first-order valence-corrected chi connectivity index (χ1v) is 10.7. The summed E-state index contributed by atoms with van der Waals surface area (Å²) in [4.78, 5) is 30.5. The molecular formula is C24H22N2O3S. The predicted molar refractivity (Wildman–Crippen MR) is 121 cm³/mol. The van der Waals surface area contributed by atoms with Crippen molar-refractivity contribution in [3.05, 3.63) is 82.6 Å². The number of thioether (sulfide) groups is 1. The van der Waals surface area contributed by atoms with Crippen LogP contribution in [0, 0.1) is 0 Å². The Labute approximate surface area is 178 Å². The van der Waals surface area contributed by atoms with Crippen molar-refractivity contribution < 1.29 is 9.53 Å². The van der Waals surface area contributed by atoms with E-state index in [1.165, 1.54) is 18.9 Å². The molecule has 0 fully saturated rings. The average Bonchev–Trinajstić information content (AvgIpc) is 2.78. The van der Waals surface area contributed by atoms with Gasteiger partial charge >= 0.3 is 5.97 Å². The highest BCUT2D eigenvalue weighted by Gasteiger charge is 2.24. The average molecular weight is 419 g/mol. The van der Waals surface area contributed by atoms with E-state index in [4.69, 9.17) is 9.72 Å². The van der Waals surface area contributed by atoms with Crippen molar-refractivity contribution in [2.45, 2.75) is 30.3 Å². The molecule has 0 radical (unpaired) electrons. The summed E-state index contributed by atoms with van der Waals surface area (Å²) in [5.74, 6) is -0.334. The Balaban J connectivity index is 1.80. The van der Waals surface area contributed by atoms with Crippen LogP contribution in [0.4, 0.5) is 0 Å². The van der Waals surface area contributed by atoms with Crippen LogP contribution in [0.3, 0.4) is 0 Å². The lowest BCUT2D eigenvalue weighted by molar-refractivity contribution is -0.139. The van der Waals surface area contributed by atoms with Crippen LogP contribution in [-0.2, 0) is 22.5 Å². The Kier molecular flexibility index (Phi) is 5.86. The van der Waals surface area contributed by atoms with Crippen LogP contribution < -0.4 is 5.56 Å². The summed E-state index contributed by atoms with van der Waals surface area (Å²) < 4.78 is 6.66. The van der Waals surface area contributed by atoms with Gasteiger partial charge in [-0.3, -0.25) is 14.2 Å². The highest BCUT2D eigenvalue weighted by molar-refractivity contribution is 8.00. The fourth-order valence-corrected chi connectivity index (χ4v) is 4.73. The minimum atomic E-state index is -0.500. The second kappa shape index (κ2) is 8.71. The van der Waals surface area contributed by atoms with Gasteiger partial charge in [0.15, 0.2) is 5.16 Å². The fourth-order valence-electron chi connectivity index (χ4n) is 3.52. The number of benzene rings is 3. The number of rotatable bonds is 6. The maximum Gasteiger partial charge on any atom is 0.319 e. The minimum absolute atomic E-state index is 0.0981. The number of carbonyl (C=O) groups excluding carboxylic acids is 1. The van der Waals surface area contributed by atoms with Crippen molar-refractivity contribution >= 4 is 39.4 Å². The summed E-state index contributed by atoms with van der Waals surface area (Å²) >= 11 is 1.28. The summed E-state index contributed by atoms with van der Waals surface area (Å²) in [7, 11) is 1.38. The number of methoxy groups -OCH3 is 1. The highest BCUT2D eigenvalue weighted by atomic mass is 32.2. The molecule has 0 saturated heterocycles. The lowest BCUT2D eigenvalue weighted by Gasteiger charge is -2.17. The first kappa shape index (κ1) is 20.2. The van der Waals surface area contributed by atoms with E-state index in [1.807, 2.05) is 73.7 Å². The molecule has 1 aromatic heterocycles. The number of hydrogen-bond donors (Lipinski definition) is 0. The molecule has 0 aliphatic heterocycles. The predicted octanol–water partition coefficient (Wildman–Crippen LogP) is 4.45. The van der Waals surface area contributed by atoms with Crippen molar-refractivity contribution in [3.63, 3.8) is 0 Å². The van der Waals surface area contributed by atoms with Crippen LogP contribution in [0.25, 0.3) is 21.7 Å². The van der Waals surface area contributed by atoms with Crippen LogP contribution in [0.15, 0.2) is 76.7 Å². The second-order valence-corrected chi connectivity index (χ2v) is 8.15. The van der Waals surface area contributed by atoms with Gasteiger partial charge in [-0.15, -0.1) is 0 Å². The zero-order valence-electron chi connectivity index (χ0n) is 16.9. The monoisotopic (exact) mass is 418 g/mol. The Morgan fingerprint density at radius 3 is 2.40 bits per heavy atom. The van der Waals surface area contributed by atoms with E-state index in [-0.39, 0.29) is 11.5 Å². The van der Waals surface area contributed by atoms with E-state index in [2.05, 4.69) is 0 Å². The van der Waals surface area contributed by atoms with Crippen LogP contribution in [0.5, 0.6) is 0 Å². The number of nitrogens with zero attached hydrogens (tertiary/aromatic N) is 2. The Morgan fingerprint density at radius 1 is 1.07 bits per heavy atom. The third-order valence-electron chi connectivity index (χ3n) is 5.08. The third-order valence-corrected chi connectivity index (χ3v) is 6.24. The number of fused-ring (bicyclic) bond motifs is 2. The summed E-state index contributed by atoms with van der Waals surface area (Å²) in [5.41, 5.74) is 1.56. The maximum absolute atomic E-state index is 13.2. The maximum atomic E-state index is 13.2. The number of carbonyl (C=O) groups is 1. The fraction of sp³-hybridized carbons (Fsp3) is 0.208. The molecule has 0 aliphatic rings. The van der Waals surface area contributed by atoms with E-state index in [0.717, 1.165) is 16.3 Å². The lowest BCUT2D eigenvalue weighted by Crippen LogP contribution is -2.26. The van der Waals surface area contributed by atoms with Crippen LogP contribution in [-0.4, -0.2) is 27.9 Å². The quantitative estimate of drug-likeness (QED) is 0.200. The van der Waals surface area contributed by atoms with Crippen molar-refractivity contribution in [2.24, 2.45) is 0 Å². The van der Waals surface area contributed by atoms with Gasteiger partial charge in [-0.1, -0.05) is 66.4 Å². The smallest absolute Gasteiger partial charge is 0.319 e. The third kappa shape index (κ3) is 3.96. The molecule has 4 aromatic rings. The van der Waals surface area contributed by atoms with Crippen molar-refractivity contribution in [1.82, 2.24) is 9.55 Å². The van der Waals surface area contributed by atoms with Crippen LogP contribution in [0.2, 0.25) is 0 Å². The molecule has 152 valence electrons. The molecule has 5 nitrogen and oxygen atoms in total. The lowest BCUT2D eigenvalue weighted by atomic mass is 10.1. The van der Waals surface area contributed by atoms with Crippen molar-refractivity contribution in [3.8, 4) is 0 Å². The van der Waals surface area contributed by atoms with Crippen molar-refractivity contribution in [1.29, 1.82) is 0 Å². The second-order valence-electron chi connectivity index (χ2n) is 6.98. The first-order valence-electron chi connectivity index (χ1n) is 9.82. The summed E-state index contributed by atoms with van der Waals surface area (Å²) in [6, 6.07) is 21.5. The molecule has 0 bridgehead atoms. The molecule has 0 amide bonds. The molecule has 1 atom stereocenters. The Bertz CT molecular complexity index is 1270. The first-order chi connectivity index (χ1) is 14.6. The number of esters is 1. The zero-order valence-corrected chi connectivity index (χ0v) is 17.7. The normalized spacial score (nSPS) is 12.2. The molecule has 30 heavy (non-hydrogen) atoms. The van der Waals surface area contributed by atoms with Gasteiger partial charge in [0.25, 0.3) is 5.56 Å². The molecule has 1 unspecified atom stereocenters. The molecular weight excluding hydrogens is 396 g/mol. The highest BCUT2D eigenvalue weighted by Crippen LogP contribution is 2.27. The van der Waals surface area contributed by atoms with Gasteiger partial charge in [-0.25, -0.2) is 4.98 Å². The van der Waals surface area contributed by atoms with E-state index in [9.17, 15) is 9.59 Å².